The minimum Gasteiger partial charge on any atom is -0.459 e. The lowest BCUT2D eigenvalue weighted by Gasteiger charge is -2.22. The summed E-state index contributed by atoms with van der Waals surface area (Å²) in [5.74, 6) is 1.27. The lowest BCUT2D eigenvalue weighted by Crippen LogP contribution is -2.33. The highest BCUT2D eigenvalue weighted by Gasteiger charge is 2.18. The molecule has 0 aliphatic rings. The Kier molecular flexibility index (Phi) is 6.14. The predicted molar refractivity (Wildman–Crippen MR) is 112 cm³/mol. The number of benzene rings is 1. The molecule has 0 saturated heterocycles. The Balaban J connectivity index is 1.74. The van der Waals surface area contributed by atoms with Crippen LogP contribution < -0.4 is 0 Å². The molecular formula is C23H27N3O2. The molecule has 146 valence electrons. The standard InChI is InChI=1S/C23H27N3O2/c1-17(2)15-25(23(27)21-11-8-14-28-21)13-7-12-22-24-19-9-5-6-10-20(19)26(22)16-18(3)4/h5-6,8-11,14H,1,3,7,12-13,15-16H2,2,4H3. The van der Waals surface area contributed by atoms with Crippen LogP contribution in [0.15, 0.2) is 71.4 Å². The number of rotatable bonds is 9. The molecule has 1 amide bonds. The van der Waals surface area contributed by atoms with Gasteiger partial charge >= 0.3 is 0 Å². The number of carbonyl (C=O) groups excluding carboxylic acids is 1. The van der Waals surface area contributed by atoms with Crippen molar-refractivity contribution in [3.05, 3.63) is 78.6 Å². The number of hydrogen-bond acceptors (Lipinski definition) is 3. The van der Waals surface area contributed by atoms with Crippen molar-refractivity contribution in [3.63, 3.8) is 0 Å². The molecule has 0 aliphatic carbocycles. The van der Waals surface area contributed by atoms with Crippen molar-refractivity contribution in [1.82, 2.24) is 14.5 Å². The molecule has 0 N–H and O–H groups in total. The number of hydrogen-bond donors (Lipinski definition) is 0. The zero-order chi connectivity index (χ0) is 20.1. The van der Waals surface area contributed by atoms with E-state index in [4.69, 9.17) is 9.40 Å². The van der Waals surface area contributed by atoms with Crippen molar-refractivity contribution in [2.24, 2.45) is 0 Å². The fraction of sp³-hybridized carbons (Fsp3) is 0.304. The summed E-state index contributed by atoms with van der Waals surface area (Å²) in [5.41, 5.74) is 4.13. The van der Waals surface area contributed by atoms with E-state index in [0.29, 0.717) is 18.8 Å². The molecule has 5 heteroatoms. The van der Waals surface area contributed by atoms with Gasteiger partial charge in [-0.1, -0.05) is 36.4 Å². The summed E-state index contributed by atoms with van der Waals surface area (Å²) in [6.45, 7) is 13.8. The van der Waals surface area contributed by atoms with Crippen LogP contribution in [0.4, 0.5) is 0 Å². The molecule has 0 fully saturated rings. The first-order valence-corrected chi connectivity index (χ1v) is 9.51. The maximum Gasteiger partial charge on any atom is 0.289 e. The summed E-state index contributed by atoms with van der Waals surface area (Å²) in [5, 5.41) is 0. The molecule has 3 rings (SSSR count). The van der Waals surface area contributed by atoms with Crippen LogP contribution in [-0.4, -0.2) is 33.4 Å². The highest BCUT2D eigenvalue weighted by Crippen LogP contribution is 2.19. The van der Waals surface area contributed by atoms with Crippen LogP contribution in [0.5, 0.6) is 0 Å². The van der Waals surface area contributed by atoms with Crippen LogP contribution in [0, 0.1) is 0 Å². The Labute approximate surface area is 166 Å². The molecule has 5 nitrogen and oxygen atoms in total. The van der Waals surface area contributed by atoms with E-state index in [0.717, 1.165) is 47.4 Å². The van der Waals surface area contributed by atoms with E-state index in [9.17, 15) is 4.79 Å². The molecule has 0 saturated carbocycles. The number of carbonyl (C=O) groups is 1. The quantitative estimate of drug-likeness (QED) is 0.501. The summed E-state index contributed by atoms with van der Waals surface area (Å²) < 4.78 is 7.50. The van der Waals surface area contributed by atoms with E-state index < -0.39 is 0 Å². The number of aromatic nitrogens is 2. The van der Waals surface area contributed by atoms with Gasteiger partial charge in [-0.05, 0) is 44.5 Å². The van der Waals surface area contributed by atoms with Gasteiger partial charge < -0.3 is 13.9 Å². The number of imidazole rings is 1. The van der Waals surface area contributed by atoms with Crippen LogP contribution in [0.2, 0.25) is 0 Å². The third-order valence-electron chi connectivity index (χ3n) is 4.47. The smallest absolute Gasteiger partial charge is 0.289 e. The largest absolute Gasteiger partial charge is 0.459 e. The Morgan fingerprint density at radius 2 is 1.93 bits per heavy atom. The maximum absolute atomic E-state index is 12.7. The molecule has 0 spiro atoms. The third kappa shape index (κ3) is 4.60. The number of nitrogens with zero attached hydrogens (tertiary/aromatic N) is 3. The van der Waals surface area contributed by atoms with E-state index in [-0.39, 0.29) is 5.91 Å². The lowest BCUT2D eigenvalue weighted by molar-refractivity contribution is 0.0736. The van der Waals surface area contributed by atoms with Gasteiger partial charge in [0.15, 0.2) is 5.76 Å². The van der Waals surface area contributed by atoms with E-state index in [2.05, 4.69) is 23.8 Å². The monoisotopic (exact) mass is 377 g/mol. The number of furan rings is 1. The van der Waals surface area contributed by atoms with Gasteiger partial charge in [0.1, 0.15) is 5.82 Å². The molecule has 0 atom stereocenters. The molecule has 28 heavy (non-hydrogen) atoms. The van der Waals surface area contributed by atoms with Gasteiger partial charge in [0.2, 0.25) is 0 Å². The summed E-state index contributed by atoms with van der Waals surface area (Å²) >= 11 is 0. The first-order chi connectivity index (χ1) is 13.5. The van der Waals surface area contributed by atoms with Crippen molar-refractivity contribution in [1.29, 1.82) is 0 Å². The average molecular weight is 377 g/mol. The van der Waals surface area contributed by atoms with Crippen LogP contribution in [0.3, 0.4) is 0 Å². The van der Waals surface area contributed by atoms with Gasteiger partial charge in [0.25, 0.3) is 5.91 Å². The van der Waals surface area contributed by atoms with Gasteiger partial charge in [0, 0.05) is 26.1 Å². The van der Waals surface area contributed by atoms with E-state index in [1.165, 1.54) is 6.26 Å². The predicted octanol–water partition coefficient (Wildman–Crippen LogP) is 4.86. The summed E-state index contributed by atoms with van der Waals surface area (Å²) in [7, 11) is 0. The molecule has 0 radical (unpaired) electrons. The second kappa shape index (κ2) is 8.74. The minimum atomic E-state index is -0.108. The minimum absolute atomic E-state index is 0.108. The van der Waals surface area contributed by atoms with Gasteiger partial charge in [-0.2, -0.15) is 0 Å². The second-order valence-corrected chi connectivity index (χ2v) is 7.32. The SMILES string of the molecule is C=C(C)CN(CCCc1nc2ccccc2n1CC(=C)C)C(=O)c1ccco1. The number of fused-ring (bicyclic) bond motifs is 1. The van der Waals surface area contributed by atoms with Crippen molar-refractivity contribution in [3.8, 4) is 0 Å². The highest BCUT2D eigenvalue weighted by atomic mass is 16.3. The van der Waals surface area contributed by atoms with Crippen LogP contribution >= 0.6 is 0 Å². The second-order valence-electron chi connectivity index (χ2n) is 7.32. The Morgan fingerprint density at radius 3 is 2.61 bits per heavy atom. The van der Waals surface area contributed by atoms with Crippen molar-refractivity contribution in [2.75, 3.05) is 13.1 Å². The number of aryl methyl sites for hydroxylation is 1. The number of amides is 1. The number of allylic oxidation sites excluding steroid dienone is 1. The zero-order valence-electron chi connectivity index (χ0n) is 16.6. The van der Waals surface area contributed by atoms with Crippen LogP contribution in [-0.2, 0) is 13.0 Å². The normalized spacial score (nSPS) is 10.9. The van der Waals surface area contributed by atoms with Crippen molar-refractivity contribution < 1.29 is 9.21 Å². The first-order valence-electron chi connectivity index (χ1n) is 9.51. The van der Waals surface area contributed by atoms with Crippen molar-refractivity contribution in [2.45, 2.75) is 33.2 Å². The molecule has 0 bridgehead atoms. The van der Waals surface area contributed by atoms with Gasteiger partial charge in [-0.3, -0.25) is 4.79 Å². The Hall–Kier alpha value is -3.08. The fourth-order valence-electron chi connectivity index (χ4n) is 3.32. The van der Waals surface area contributed by atoms with Gasteiger partial charge in [-0.25, -0.2) is 4.98 Å². The van der Waals surface area contributed by atoms with Crippen molar-refractivity contribution >= 4 is 16.9 Å². The lowest BCUT2D eigenvalue weighted by atomic mass is 10.2. The van der Waals surface area contributed by atoms with E-state index >= 15 is 0 Å². The third-order valence-corrected chi connectivity index (χ3v) is 4.47. The summed E-state index contributed by atoms with van der Waals surface area (Å²) in [6, 6.07) is 11.6. The Bertz CT molecular complexity index is 983. The first kappa shape index (κ1) is 19.7. The van der Waals surface area contributed by atoms with E-state index in [1.807, 2.05) is 32.0 Å². The van der Waals surface area contributed by atoms with E-state index in [1.54, 1.807) is 17.0 Å². The average Bonchev–Trinajstić information content (AvgIpc) is 3.29. The van der Waals surface area contributed by atoms with Gasteiger partial charge in [-0.15, -0.1) is 0 Å². The van der Waals surface area contributed by atoms with Gasteiger partial charge in [0.05, 0.1) is 17.3 Å². The van der Waals surface area contributed by atoms with Crippen LogP contribution in [0.25, 0.3) is 11.0 Å². The highest BCUT2D eigenvalue weighted by molar-refractivity contribution is 5.91. The number of para-hydroxylation sites is 2. The zero-order valence-corrected chi connectivity index (χ0v) is 16.6. The molecule has 1 aromatic carbocycles. The maximum atomic E-state index is 12.7. The molecule has 0 unspecified atom stereocenters. The fourth-order valence-corrected chi connectivity index (χ4v) is 3.32. The summed E-state index contributed by atoms with van der Waals surface area (Å²) in [4.78, 5) is 19.3. The Morgan fingerprint density at radius 1 is 1.14 bits per heavy atom. The summed E-state index contributed by atoms with van der Waals surface area (Å²) in [6.07, 6.45) is 3.10. The molecule has 0 aliphatic heterocycles. The molecule has 3 aromatic rings. The molecule has 2 aromatic heterocycles. The topological polar surface area (TPSA) is 51.3 Å². The molecule has 2 heterocycles. The molecular weight excluding hydrogens is 350 g/mol. The van der Waals surface area contributed by atoms with Crippen LogP contribution in [0.1, 0.15) is 36.6 Å².